The van der Waals surface area contributed by atoms with E-state index in [0.717, 1.165) is 6.07 Å². The number of amides is 2. The zero-order valence-electron chi connectivity index (χ0n) is 11.6. The van der Waals surface area contributed by atoms with Crippen LogP contribution in [0.4, 0.5) is 5.69 Å². The molecule has 20 heavy (non-hydrogen) atoms. The van der Waals surface area contributed by atoms with Crippen LogP contribution < -0.4 is 10.6 Å². The third-order valence-corrected chi connectivity index (χ3v) is 2.24. The Morgan fingerprint density at radius 3 is 2.50 bits per heavy atom. The van der Waals surface area contributed by atoms with Gasteiger partial charge in [-0.05, 0) is 26.8 Å². The Morgan fingerprint density at radius 2 is 1.95 bits per heavy atom. The van der Waals surface area contributed by atoms with Crippen molar-refractivity contribution in [3.8, 4) is 0 Å². The summed E-state index contributed by atoms with van der Waals surface area (Å²) in [5.74, 6) is -0.853. The summed E-state index contributed by atoms with van der Waals surface area (Å²) in [4.78, 5) is 33.3. The number of carbonyl (C=O) groups is 2. The van der Waals surface area contributed by atoms with Gasteiger partial charge in [-0.1, -0.05) is 6.07 Å². The van der Waals surface area contributed by atoms with E-state index in [1.165, 1.54) is 18.2 Å². The largest absolute Gasteiger partial charge is 0.350 e. The molecule has 2 N–H and O–H groups in total. The number of hydrogen-bond acceptors (Lipinski definition) is 4. The summed E-state index contributed by atoms with van der Waals surface area (Å²) >= 11 is 0. The molecule has 1 aromatic carbocycles. The van der Waals surface area contributed by atoms with Crippen LogP contribution in [-0.4, -0.2) is 28.8 Å². The fourth-order valence-electron chi connectivity index (χ4n) is 1.49. The molecular formula is C13H17N3O4. The Morgan fingerprint density at radius 1 is 1.30 bits per heavy atom. The van der Waals surface area contributed by atoms with Crippen molar-refractivity contribution < 1.29 is 14.5 Å². The van der Waals surface area contributed by atoms with E-state index in [4.69, 9.17) is 0 Å². The van der Waals surface area contributed by atoms with Gasteiger partial charge in [-0.15, -0.1) is 0 Å². The third kappa shape index (κ3) is 5.05. The predicted octanol–water partition coefficient (Wildman–Crippen LogP) is 1.24. The first-order valence-electron chi connectivity index (χ1n) is 6.03. The first kappa shape index (κ1) is 15.6. The fraction of sp³-hybridized carbons (Fsp3) is 0.385. The second kappa shape index (κ2) is 6.14. The summed E-state index contributed by atoms with van der Waals surface area (Å²) in [5, 5.41) is 15.7. The molecule has 0 saturated carbocycles. The van der Waals surface area contributed by atoms with Crippen molar-refractivity contribution in [3.05, 3.63) is 39.9 Å². The number of carbonyl (C=O) groups excluding carboxylic acids is 2. The van der Waals surface area contributed by atoms with E-state index in [0.29, 0.717) is 0 Å². The number of nitro groups is 1. The highest BCUT2D eigenvalue weighted by Crippen LogP contribution is 2.12. The van der Waals surface area contributed by atoms with E-state index in [9.17, 15) is 19.7 Å². The summed E-state index contributed by atoms with van der Waals surface area (Å²) < 4.78 is 0. The molecule has 0 bridgehead atoms. The van der Waals surface area contributed by atoms with Gasteiger partial charge in [-0.2, -0.15) is 0 Å². The van der Waals surface area contributed by atoms with Gasteiger partial charge in [0.25, 0.3) is 11.6 Å². The first-order valence-corrected chi connectivity index (χ1v) is 6.03. The number of hydrogen-bond donors (Lipinski definition) is 2. The average molecular weight is 279 g/mol. The lowest BCUT2D eigenvalue weighted by molar-refractivity contribution is -0.384. The molecule has 0 spiro atoms. The molecule has 0 fully saturated rings. The van der Waals surface area contributed by atoms with E-state index in [1.807, 2.05) is 20.8 Å². The van der Waals surface area contributed by atoms with Gasteiger partial charge in [-0.25, -0.2) is 0 Å². The van der Waals surface area contributed by atoms with E-state index < -0.39 is 10.8 Å². The number of nitro benzene ring substituents is 1. The van der Waals surface area contributed by atoms with E-state index in [1.54, 1.807) is 0 Å². The van der Waals surface area contributed by atoms with Gasteiger partial charge in [0.15, 0.2) is 0 Å². The van der Waals surface area contributed by atoms with Crippen LogP contribution >= 0.6 is 0 Å². The van der Waals surface area contributed by atoms with Crippen molar-refractivity contribution in [2.24, 2.45) is 0 Å². The van der Waals surface area contributed by atoms with E-state index in [2.05, 4.69) is 10.6 Å². The normalized spacial score (nSPS) is 10.8. The maximum Gasteiger partial charge on any atom is 0.270 e. The standard InChI is InChI=1S/C13H17N3O4/c1-13(2,3)15-11(17)8-14-12(18)9-5-4-6-10(7-9)16(19)20/h4-7H,8H2,1-3H3,(H,14,18)(H,15,17). The van der Waals surface area contributed by atoms with E-state index in [-0.39, 0.29) is 29.2 Å². The molecule has 0 aliphatic rings. The summed E-state index contributed by atoms with van der Waals surface area (Å²) in [6.45, 7) is 5.30. The van der Waals surface area contributed by atoms with Crippen LogP contribution in [0.3, 0.4) is 0 Å². The zero-order valence-corrected chi connectivity index (χ0v) is 11.6. The number of rotatable bonds is 4. The Labute approximate surface area is 116 Å². The molecule has 0 aliphatic carbocycles. The molecule has 0 unspecified atom stereocenters. The number of benzene rings is 1. The van der Waals surface area contributed by atoms with Crippen LogP contribution in [0.25, 0.3) is 0 Å². The highest BCUT2D eigenvalue weighted by Gasteiger charge is 2.15. The Bertz CT molecular complexity index is 535. The smallest absolute Gasteiger partial charge is 0.270 e. The first-order chi connectivity index (χ1) is 9.19. The van der Waals surface area contributed by atoms with Crippen LogP contribution in [0, 0.1) is 10.1 Å². The van der Waals surface area contributed by atoms with Gasteiger partial charge < -0.3 is 10.6 Å². The van der Waals surface area contributed by atoms with Crippen molar-refractivity contribution in [2.45, 2.75) is 26.3 Å². The van der Waals surface area contributed by atoms with Crippen LogP contribution in [-0.2, 0) is 4.79 Å². The Hall–Kier alpha value is -2.44. The monoisotopic (exact) mass is 279 g/mol. The summed E-state index contributed by atoms with van der Waals surface area (Å²) in [6.07, 6.45) is 0. The van der Waals surface area contributed by atoms with Crippen molar-refractivity contribution >= 4 is 17.5 Å². The molecular weight excluding hydrogens is 262 g/mol. The number of nitrogens with one attached hydrogen (secondary N) is 2. The second-order valence-electron chi connectivity index (χ2n) is 5.29. The summed E-state index contributed by atoms with van der Waals surface area (Å²) in [7, 11) is 0. The molecule has 1 rings (SSSR count). The lowest BCUT2D eigenvalue weighted by Gasteiger charge is -2.20. The zero-order chi connectivity index (χ0) is 15.3. The maximum absolute atomic E-state index is 11.8. The van der Waals surface area contributed by atoms with Gasteiger partial charge in [0.2, 0.25) is 5.91 Å². The van der Waals surface area contributed by atoms with Gasteiger partial charge in [0.05, 0.1) is 11.5 Å². The van der Waals surface area contributed by atoms with Crippen LogP contribution in [0.1, 0.15) is 31.1 Å². The molecule has 1 aromatic rings. The van der Waals surface area contributed by atoms with Crippen molar-refractivity contribution in [2.75, 3.05) is 6.54 Å². The van der Waals surface area contributed by atoms with Crippen LogP contribution in [0.5, 0.6) is 0 Å². The Balaban J connectivity index is 2.61. The molecule has 0 radical (unpaired) electrons. The fourth-order valence-corrected chi connectivity index (χ4v) is 1.49. The minimum atomic E-state index is -0.580. The predicted molar refractivity (Wildman–Crippen MR) is 73.3 cm³/mol. The molecule has 0 aromatic heterocycles. The molecule has 0 atom stereocenters. The van der Waals surface area contributed by atoms with Crippen molar-refractivity contribution in [1.29, 1.82) is 0 Å². The molecule has 0 saturated heterocycles. The quantitative estimate of drug-likeness (QED) is 0.639. The lowest BCUT2D eigenvalue weighted by atomic mass is 10.1. The van der Waals surface area contributed by atoms with Gasteiger partial charge >= 0.3 is 0 Å². The van der Waals surface area contributed by atoms with E-state index >= 15 is 0 Å². The van der Waals surface area contributed by atoms with Gasteiger partial charge in [0, 0.05) is 23.2 Å². The molecule has 7 heteroatoms. The van der Waals surface area contributed by atoms with Crippen LogP contribution in [0.2, 0.25) is 0 Å². The maximum atomic E-state index is 11.8. The molecule has 108 valence electrons. The topological polar surface area (TPSA) is 101 Å². The molecule has 0 aliphatic heterocycles. The highest BCUT2D eigenvalue weighted by atomic mass is 16.6. The van der Waals surface area contributed by atoms with Gasteiger partial charge in [-0.3, -0.25) is 19.7 Å². The van der Waals surface area contributed by atoms with Crippen molar-refractivity contribution in [1.82, 2.24) is 10.6 Å². The average Bonchev–Trinajstić information content (AvgIpc) is 2.34. The number of non-ortho nitro benzene ring substituents is 1. The Kier molecular flexibility index (Phi) is 4.79. The lowest BCUT2D eigenvalue weighted by Crippen LogP contribution is -2.45. The summed E-state index contributed by atoms with van der Waals surface area (Å²) in [6, 6.07) is 5.33. The molecule has 2 amide bonds. The SMILES string of the molecule is CC(C)(C)NC(=O)CNC(=O)c1cccc([N+](=O)[O-])c1. The minimum Gasteiger partial charge on any atom is -0.350 e. The summed E-state index contributed by atoms with van der Waals surface area (Å²) in [5.41, 5.74) is -0.410. The minimum absolute atomic E-state index is 0.141. The third-order valence-electron chi connectivity index (χ3n) is 2.24. The van der Waals surface area contributed by atoms with Gasteiger partial charge in [0.1, 0.15) is 0 Å². The number of nitrogens with zero attached hydrogens (tertiary/aromatic N) is 1. The molecule has 0 heterocycles. The highest BCUT2D eigenvalue weighted by molar-refractivity contribution is 5.97. The van der Waals surface area contributed by atoms with Crippen LogP contribution in [0.15, 0.2) is 24.3 Å². The molecule has 7 nitrogen and oxygen atoms in total. The second-order valence-corrected chi connectivity index (χ2v) is 5.29. The van der Waals surface area contributed by atoms with Crippen molar-refractivity contribution in [3.63, 3.8) is 0 Å².